The number of nitrogens with one attached hydrogen (secondary N) is 2. The van der Waals surface area contributed by atoms with Crippen molar-refractivity contribution in [3.8, 4) is 0 Å². The van der Waals surface area contributed by atoms with Crippen LogP contribution in [0, 0.1) is 19.8 Å². The number of ether oxygens (including phenoxy) is 2. The SMILES string of the molecule is COC(=O)c1c(C)[nH]c(C(=O)OCC(=O)NC2CCC(C)CC2)c1C. The molecule has 1 amide bonds. The van der Waals surface area contributed by atoms with Crippen molar-refractivity contribution in [2.24, 2.45) is 5.92 Å². The van der Waals surface area contributed by atoms with E-state index in [1.165, 1.54) is 7.11 Å². The number of methoxy groups -OCH3 is 1. The molecule has 0 radical (unpaired) electrons. The molecule has 1 aromatic rings. The molecule has 25 heavy (non-hydrogen) atoms. The Bertz CT molecular complexity index is 657. The summed E-state index contributed by atoms with van der Waals surface area (Å²) >= 11 is 0. The summed E-state index contributed by atoms with van der Waals surface area (Å²) in [6.07, 6.45) is 4.11. The van der Waals surface area contributed by atoms with Crippen LogP contribution < -0.4 is 5.32 Å². The molecule has 7 nitrogen and oxygen atoms in total. The molecule has 138 valence electrons. The van der Waals surface area contributed by atoms with E-state index in [2.05, 4.69) is 17.2 Å². The van der Waals surface area contributed by atoms with Gasteiger partial charge in [0.2, 0.25) is 0 Å². The minimum absolute atomic E-state index is 0.155. The lowest BCUT2D eigenvalue weighted by molar-refractivity contribution is -0.125. The van der Waals surface area contributed by atoms with Crippen LogP contribution in [0.25, 0.3) is 0 Å². The third-order valence-corrected chi connectivity index (χ3v) is 4.75. The monoisotopic (exact) mass is 350 g/mol. The van der Waals surface area contributed by atoms with Crippen LogP contribution in [-0.4, -0.2) is 42.6 Å². The van der Waals surface area contributed by atoms with Gasteiger partial charge in [0.1, 0.15) is 5.69 Å². The standard InChI is InChI=1S/C18H26N2O5/c1-10-5-7-13(8-6-10)20-14(21)9-25-18(23)16-11(2)15(12(3)19-16)17(22)24-4/h10,13,19H,5-9H2,1-4H3,(H,20,21). The Hall–Kier alpha value is -2.31. The van der Waals surface area contributed by atoms with Crippen molar-refractivity contribution in [2.45, 2.75) is 52.5 Å². The first-order valence-corrected chi connectivity index (χ1v) is 8.57. The topological polar surface area (TPSA) is 97.5 Å². The summed E-state index contributed by atoms with van der Waals surface area (Å²) in [4.78, 5) is 38.7. The fraction of sp³-hybridized carbons (Fsp3) is 0.611. The second-order valence-electron chi connectivity index (χ2n) is 6.72. The van der Waals surface area contributed by atoms with E-state index in [1.54, 1.807) is 13.8 Å². The van der Waals surface area contributed by atoms with Crippen molar-refractivity contribution in [2.75, 3.05) is 13.7 Å². The quantitative estimate of drug-likeness (QED) is 0.794. The van der Waals surface area contributed by atoms with Gasteiger partial charge in [0.25, 0.3) is 5.91 Å². The van der Waals surface area contributed by atoms with Gasteiger partial charge in [0, 0.05) is 11.7 Å². The highest BCUT2D eigenvalue weighted by Gasteiger charge is 2.24. The Labute approximate surface area is 147 Å². The molecule has 1 aliphatic rings. The highest BCUT2D eigenvalue weighted by Crippen LogP contribution is 2.23. The maximum absolute atomic E-state index is 12.2. The average molecular weight is 350 g/mol. The molecule has 0 unspecified atom stereocenters. The van der Waals surface area contributed by atoms with Gasteiger partial charge in [0.05, 0.1) is 12.7 Å². The Morgan fingerprint density at radius 1 is 1.12 bits per heavy atom. The van der Waals surface area contributed by atoms with E-state index in [4.69, 9.17) is 9.47 Å². The molecule has 2 rings (SSSR count). The molecule has 1 aromatic heterocycles. The lowest BCUT2D eigenvalue weighted by Gasteiger charge is -2.26. The van der Waals surface area contributed by atoms with Crippen molar-refractivity contribution in [3.63, 3.8) is 0 Å². The predicted octanol–water partition coefficient (Wildman–Crippen LogP) is 2.27. The largest absolute Gasteiger partial charge is 0.465 e. The number of aryl methyl sites for hydroxylation is 1. The molecule has 2 N–H and O–H groups in total. The number of hydrogen-bond acceptors (Lipinski definition) is 5. The van der Waals surface area contributed by atoms with Gasteiger partial charge in [-0.2, -0.15) is 0 Å². The fourth-order valence-electron chi connectivity index (χ4n) is 3.24. The molecule has 1 saturated carbocycles. The molecular formula is C18H26N2O5. The zero-order chi connectivity index (χ0) is 18.6. The summed E-state index contributed by atoms with van der Waals surface area (Å²) < 4.78 is 9.79. The van der Waals surface area contributed by atoms with Crippen LogP contribution in [0.15, 0.2) is 0 Å². The van der Waals surface area contributed by atoms with E-state index in [0.717, 1.165) is 25.7 Å². The van der Waals surface area contributed by atoms with Gasteiger partial charge in [-0.3, -0.25) is 4.79 Å². The molecule has 0 atom stereocenters. The number of rotatable bonds is 5. The normalized spacial score (nSPS) is 20.0. The van der Waals surface area contributed by atoms with Crippen molar-refractivity contribution in [1.29, 1.82) is 0 Å². The van der Waals surface area contributed by atoms with Gasteiger partial charge in [-0.1, -0.05) is 6.92 Å². The molecule has 0 aromatic carbocycles. The summed E-state index contributed by atoms with van der Waals surface area (Å²) in [7, 11) is 1.28. The van der Waals surface area contributed by atoms with E-state index in [0.29, 0.717) is 22.7 Å². The molecule has 0 saturated heterocycles. The Kier molecular flexibility index (Phi) is 6.22. The molecule has 1 aliphatic carbocycles. The van der Waals surface area contributed by atoms with E-state index < -0.39 is 11.9 Å². The van der Waals surface area contributed by atoms with E-state index in [9.17, 15) is 14.4 Å². The second-order valence-corrected chi connectivity index (χ2v) is 6.72. The highest BCUT2D eigenvalue weighted by atomic mass is 16.5. The Balaban J connectivity index is 1.90. The minimum Gasteiger partial charge on any atom is -0.465 e. The van der Waals surface area contributed by atoms with E-state index in [-0.39, 0.29) is 24.2 Å². The number of H-pyrrole nitrogens is 1. The summed E-state index contributed by atoms with van der Waals surface area (Å²) in [5.41, 5.74) is 1.46. The van der Waals surface area contributed by atoms with Crippen molar-refractivity contribution in [3.05, 3.63) is 22.5 Å². The van der Waals surface area contributed by atoms with Crippen molar-refractivity contribution >= 4 is 17.8 Å². The molecule has 0 aliphatic heterocycles. The Morgan fingerprint density at radius 3 is 2.36 bits per heavy atom. The lowest BCUT2D eigenvalue weighted by atomic mass is 9.87. The van der Waals surface area contributed by atoms with Gasteiger partial charge in [-0.15, -0.1) is 0 Å². The number of aromatic nitrogens is 1. The van der Waals surface area contributed by atoms with Crippen molar-refractivity contribution < 1.29 is 23.9 Å². The average Bonchev–Trinajstić information content (AvgIpc) is 2.88. The van der Waals surface area contributed by atoms with Crippen molar-refractivity contribution in [1.82, 2.24) is 10.3 Å². The molecular weight excluding hydrogens is 324 g/mol. The van der Waals surface area contributed by atoms with Crippen LogP contribution in [0.2, 0.25) is 0 Å². The third kappa shape index (κ3) is 4.61. The molecule has 1 heterocycles. The first-order valence-electron chi connectivity index (χ1n) is 8.57. The zero-order valence-electron chi connectivity index (χ0n) is 15.2. The Morgan fingerprint density at radius 2 is 1.76 bits per heavy atom. The van der Waals surface area contributed by atoms with Gasteiger partial charge in [-0.25, -0.2) is 9.59 Å². The molecule has 7 heteroatoms. The third-order valence-electron chi connectivity index (χ3n) is 4.75. The maximum Gasteiger partial charge on any atom is 0.355 e. The van der Waals surface area contributed by atoms with Crippen LogP contribution in [0.1, 0.15) is 64.7 Å². The van der Waals surface area contributed by atoms with Crippen LogP contribution >= 0.6 is 0 Å². The second kappa shape index (κ2) is 8.18. The summed E-state index contributed by atoms with van der Waals surface area (Å²) in [6, 6.07) is 0.155. The summed E-state index contributed by atoms with van der Waals surface area (Å²) in [5, 5.41) is 2.90. The van der Waals surface area contributed by atoms with Gasteiger partial charge in [-0.05, 0) is 51.0 Å². The minimum atomic E-state index is -0.664. The van der Waals surface area contributed by atoms with Crippen LogP contribution in [-0.2, 0) is 14.3 Å². The predicted molar refractivity (Wildman–Crippen MR) is 91.5 cm³/mol. The maximum atomic E-state index is 12.2. The van der Waals surface area contributed by atoms with Gasteiger partial charge < -0.3 is 19.8 Å². The van der Waals surface area contributed by atoms with Gasteiger partial charge in [0.15, 0.2) is 6.61 Å². The lowest BCUT2D eigenvalue weighted by Crippen LogP contribution is -2.39. The van der Waals surface area contributed by atoms with Crippen LogP contribution in [0.3, 0.4) is 0 Å². The fourth-order valence-corrected chi connectivity index (χ4v) is 3.24. The van der Waals surface area contributed by atoms with Crippen LogP contribution in [0.5, 0.6) is 0 Å². The number of esters is 2. The number of hydrogen-bond donors (Lipinski definition) is 2. The van der Waals surface area contributed by atoms with Gasteiger partial charge >= 0.3 is 11.9 Å². The van der Waals surface area contributed by atoms with E-state index >= 15 is 0 Å². The zero-order valence-corrected chi connectivity index (χ0v) is 15.2. The van der Waals surface area contributed by atoms with Crippen LogP contribution in [0.4, 0.5) is 0 Å². The number of amides is 1. The summed E-state index contributed by atoms with van der Waals surface area (Å²) in [6.45, 7) is 5.18. The number of aromatic amines is 1. The highest BCUT2D eigenvalue weighted by molar-refractivity contribution is 5.99. The molecule has 0 spiro atoms. The first kappa shape index (κ1) is 19.0. The van der Waals surface area contributed by atoms with E-state index in [1.807, 2.05) is 0 Å². The number of carbonyl (C=O) groups is 3. The smallest absolute Gasteiger partial charge is 0.355 e. The molecule has 0 bridgehead atoms. The molecule has 1 fully saturated rings. The first-order chi connectivity index (χ1) is 11.8. The summed E-state index contributed by atoms with van der Waals surface area (Å²) in [5.74, 6) is -0.783. The number of carbonyl (C=O) groups excluding carboxylic acids is 3.